The van der Waals surface area contributed by atoms with Crippen molar-refractivity contribution in [1.82, 2.24) is 4.98 Å². The summed E-state index contributed by atoms with van der Waals surface area (Å²) >= 11 is 0. The van der Waals surface area contributed by atoms with E-state index in [4.69, 9.17) is 0 Å². The highest BCUT2D eigenvalue weighted by Crippen LogP contribution is 2.26. The highest BCUT2D eigenvalue weighted by Gasteiger charge is 2.26. The molecule has 0 unspecified atom stereocenters. The van der Waals surface area contributed by atoms with Crippen molar-refractivity contribution in [2.75, 3.05) is 11.9 Å². The molecule has 0 spiro atoms. The second-order valence-corrected chi connectivity index (χ2v) is 3.75. The molecular formula is C10H13F3N2O. The topological polar surface area (TPSA) is 45.2 Å². The Labute approximate surface area is 91.3 Å². The third kappa shape index (κ3) is 3.60. The minimum atomic E-state index is -4.30. The van der Waals surface area contributed by atoms with E-state index < -0.39 is 12.7 Å². The van der Waals surface area contributed by atoms with Crippen LogP contribution in [0.5, 0.6) is 5.75 Å². The molecule has 3 nitrogen and oxygen atoms in total. The normalized spacial score (nSPS) is 11.9. The molecule has 0 aliphatic rings. The van der Waals surface area contributed by atoms with Gasteiger partial charge in [0.15, 0.2) is 0 Å². The lowest BCUT2D eigenvalue weighted by molar-refractivity contribution is -0.115. The van der Waals surface area contributed by atoms with E-state index in [0.717, 1.165) is 0 Å². The Balaban J connectivity index is 2.74. The maximum absolute atomic E-state index is 11.9. The Kier molecular flexibility index (Phi) is 3.62. The summed E-state index contributed by atoms with van der Waals surface area (Å²) in [6, 6.07) is 1.20. The fourth-order valence-electron chi connectivity index (χ4n) is 1.19. The van der Waals surface area contributed by atoms with Crippen molar-refractivity contribution in [1.29, 1.82) is 0 Å². The van der Waals surface area contributed by atoms with Gasteiger partial charge >= 0.3 is 6.18 Å². The third-order valence-electron chi connectivity index (χ3n) is 2.00. The van der Waals surface area contributed by atoms with Crippen LogP contribution in [0.4, 0.5) is 19.0 Å². The molecule has 6 heteroatoms. The van der Waals surface area contributed by atoms with Crippen LogP contribution in [-0.2, 0) is 0 Å². The van der Waals surface area contributed by atoms with Crippen LogP contribution >= 0.6 is 0 Å². The molecule has 1 aromatic rings. The average Bonchev–Trinajstić information content (AvgIpc) is 2.13. The SMILES string of the molecule is CC(C)c1cnc(NCC(F)(F)F)cc1O. The summed E-state index contributed by atoms with van der Waals surface area (Å²) in [4.78, 5) is 3.79. The summed E-state index contributed by atoms with van der Waals surface area (Å²) in [5, 5.41) is 11.6. The van der Waals surface area contributed by atoms with Gasteiger partial charge in [0.05, 0.1) is 0 Å². The van der Waals surface area contributed by atoms with Crippen LogP contribution in [0.2, 0.25) is 0 Å². The molecule has 0 aliphatic carbocycles. The number of hydrogen-bond acceptors (Lipinski definition) is 3. The predicted octanol–water partition coefficient (Wildman–Crippen LogP) is 2.88. The lowest BCUT2D eigenvalue weighted by Gasteiger charge is -2.11. The Hall–Kier alpha value is -1.46. The number of nitrogens with one attached hydrogen (secondary N) is 1. The standard InChI is InChI=1S/C10H13F3N2O/c1-6(2)7-4-14-9(3-8(7)16)15-5-10(11,12)13/h3-4,6H,5H2,1-2H3,(H2,14,15,16). The quantitative estimate of drug-likeness (QED) is 0.845. The van der Waals surface area contributed by atoms with Crippen LogP contribution in [-0.4, -0.2) is 22.8 Å². The number of anilines is 1. The fraction of sp³-hybridized carbons (Fsp3) is 0.500. The first kappa shape index (κ1) is 12.6. The van der Waals surface area contributed by atoms with E-state index in [1.54, 1.807) is 0 Å². The van der Waals surface area contributed by atoms with E-state index >= 15 is 0 Å². The van der Waals surface area contributed by atoms with E-state index in [9.17, 15) is 18.3 Å². The maximum Gasteiger partial charge on any atom is 0.405 e. The molecule has 1 rings (SSSR count). The van der Waals surface area contributed by atoms with Crippen molar-refractivity contribution in [3.05, 3.63) is 17.8 Å². The maximum atomic E-state index is 11.9. The Bertz CT molecular complexity index is 364. The van der Waals surface area contributed by atoms with Crippen molar-refractivity contribution < 1.29 is 18.3 Å². The molecule has 0 fully saturated rings. The van der Waals surface area contributed by atoms with Gasteiger partial charge < -0.3 is 10.4 Å². The van der Waals surface area contributed by atoms with Crippen LogP contribution in [0, 0.1) is 0 Å². The van der Waals surface area contributed by atoms with Crippen molar-refractivity contribution in [3.63, 3.8) is 0 Å². The van der Waals surface area contributed by atoms with Gasteiger partial charge in [-0.3, -0.25) is 0 Å². The summed E-state index contributed by atoms with van der Waals surface area (Å²) in [5.41, 5.74) is 0.609. The van der Waals surface area contributed by atoms with Crippen LogP contribution in [0.3, 0.4) is 0 Å². The van der Waals surface area contributed by atoms with E-state index in [1.165, 1.54) is 12.3 Å². The number of aromatic hydroxyl groups is 1. The van der Waals surface area contributed by atoms with Crippen molar-refractivity contribution in [2.45, 2.75) is 25.9 Å². The Morgan fingerprint density at radius 1 is 1.44 bits per heavy atom. The first-order valence-electron chi connectivity index (χ1n) is 4.79. The summed E-state index contributed by atoms with van der Waals surface area (Å²) in [7, 11) is 0. The summed E-state index contributed by atoms with van der Waals surface area (Å²) < 4.78 is 35.7. The average molecular weight is 234 g/mol. The van der Waals surface area contributed by atoms with Crippen molar-refractivity contribution >= 4 is 5.82 Å². The predicted molar refractivity (Wildman–Crippen MR) is 54.5 cm³/mol. The smallest absolute Gasteiger partial charge is 0.405 e. The third-order valence-corrected chi connectivity index (χ3v) is 2.00. The molecule has 0 aliphatic heterocycles. The molecule has 0 aromatic carbocycles. The van der Waals surface area contributed by atoms with Crippen molar-refractivity contribution in [2.24, 2.45) is 0 Å². The fourth-order valence-corrected chi connectivity index (χ4v) is 1.19. The van der Waals surface area contributed by atoms with Gasteiger partial charge in [0.1, 0.15) is 18.1 Å². The molecule has 0 atom stereocenters. The van der Waals surface area contributed by atoms with Crippen LogP contribution in [0.1, 0.15) is 25.3 Å². The lowest BCUT2D eigenvalue weighted by Crippen LogP contribution is -2.21. The second-order valence-electron chi connectivity index (χ2n) is 3.75. The first-order chi connectivity index (χ1) is 7.29. The monoisotopic (exact) mass is 234 g/mol. The summed E-state index contributed by atoms with van der Waals surface area (Å²) in [5.74, 6) is 0.0399. The number of aromatic nitrogens is 1. The molecule has 0 radical (unpaired) electrons. The molecule has 0 amide bonds. The van der Waals surface area contributed by atoms with Gasteiger partial charge in [-0.2, -0.15) is 13.2 Å². The highest BCUT2D eigenvalue weighted by molar-refractivity contribution is 5.45. The summed E-state index contributed by atoms with van der Waals surface area (Å²) in [6.45, 7) is 2.56. The van der Waals surface area contributed by atoms with E-state index in [1.807, 2.05) is 13.8 Å². The minimum Gasteiger partial charge on any atom is -0.507 e. The molecule has 0 bridgehead atoms. The van der Waals surface area contributed by atoms with Gasteiger partial charge in [-0.05, 0) is 5.92 Å². The molecule has 0 saturated heterocycles. The number of hydrogen-bond donors (Lipinski definition) is 2. The largest absolute Gasteiger partial charge is 0.507 e. The Morgan fingerprint density at radius 3 is 2.50 bits per heavy atom. The second kappa shape index (κ2) is 4.59. The highest BCUT2D eigenvalue weighted by atomic mass is 19.4. The zero-order valence-electron chi connectivity index (χ0n) is 8.97. The minimum absolute atomic E-state index is 0.0132. The van der Waals surface area contributed by atoms with Crippen molar-refractivity contribution in [3.8, 4) is 5.75 Å². The Morgan fingerprint density at radius 2 is 2.06 bits per heavy atom. The van der Waals surface area contributed by atoms with Gasteiger partial charge in [0.2, 0.25) is 0 Å². The molecule has 1 heterocycles. The molecule has 90 valence electrons. The molecule has 16 heavy (non-hydrogen) atoms. The number of halogens is 3. The first-order valence-corrected chi connectivity index (χ1v) is 4.79. The van der Waals surface area contributed by atoms with Crippen LogP contribution in [0.15, 0.2) is 12.3 Å². The van der Waals surface area contributed by atoms with Gasteiger partial charge in [0, 0.05) is 17.8 Å². The zero-order chi connectivity index (χ0) is 12.3. The van der Waals surface area contributed by atoms with Crippen LogP contribution < -0.4 is 5.32 Å². The lowest BCUT2D eigenvalue weighted by atomic mass is 10.1. The van der Waals surface area contributed by atoms with Gasteiger partial charge in [-0.15, -0.1) is 0 Å². The van der Waals surface area contributed by atoms with E-state index in [2.05, 4.69) is 10.3 Å². The van der Waals surface area contributed by atoms with E-state index in [0.29, 0.717) is 5.56 Å². The van der Waals surface area contributed by atoms with Gasteiger partial charge in [0.25, 0.3) is 0 Å². The van der Waals surface area contributed by atoms with Crippen LogP contribution in [0.25, 0.3) is 0 Å². The molecule has 2 N–H and O–H groups in total. The summed E-state index contributed by atoms with van der Waals surface area (Å²) in [6.07, 6.45) is -2.92. The number of alkyl halides is 3. The number of pyridine rings is 1. The molecule has 0 saturated carbocycles. The number of rotatable bonds is 3. The van der Waals surface area contributed by atoms with E-state index in [-0.39, 0.29) is 17.5 Å². The van der Waals surface area contributed by atoms with Gasteiger partial charge in [-0.1, -0.05) is 13.8 Å². The zero-order valence-corrected chi connectivity index (χ0v) is 8.97. The molecular weight excluding hydrogens is 221 g/mol. The van der Waals surface area contributed by atoms with Gasteiger partial charge in [-0.25, -0.2) is 4.98 Å². The number of nitrogens with zero attached hydrogens (tertiary/aromatic N) is 1. The molecule has 1 aromatic heterocycles.